The van der Waals surface area contributed by atoms with Gasteiger partial charge in [0.05, 0.1) is 0 Å². The monoisotopic (exact) mass is 1010 g/mol. The van der Waals surface area contributed by atoms with Gasteiger partial charge in [0, 0.05) is 0 Å². The summed E-state index contributed by atoms with van der Waals surface area (Å²) in [5, 5.41) is 39.5. The Balaban J connectivity index is 1.12. The van der Waals surface area contributed by atoms with Gasteiger partial charge >= 0.3 is 0 Å². The van der Waals surface area contributed by atoms with Crippen molar-refractivity contribution >= 4 is 86.2 Å². The van der Waals surface area contributed by atoms with E-state index in [0.717, 1.165) is 0 Å². The quantitative estimate of drug-likeness (QED) is 0.142. The first kappa shape index (κ1) is 44.7. The molecule has 1 aliphatic carbocycles. The lowest BCUT2D eigenvalue weighted by molar-refractivity contribution is 1.47. The maximum atomic E-state index is 2.37. The average Bonchev–Trinajstić information content (AvgIpc) is 3.70. The molecule has 80 heavy (non-hydrogen) atoms. The molecule has 368 valence electrons. The SMILES string of the molecule is c1ccc2c3ccc(c2c1)=c1ccc(c2ccccc12)=c1ccc(c2ccccc12)=c1ccc(c2ccccc12)=c1ccc(c2ccccc12)=c1ccc(c2ccccc12)=c1ccc(c2ccccc12)=c1ccc=3c2ccccc12. The molecule has 16 bridgehead atoms. The Morgan fingerprint density at radius 3 is 0.200 bits per heavy atom. The molecule has 0 fully saturated rings. The Morgan fingerprint density at radius 2 is 0.138 bits per heavy atom. The smallest absolute Gasteiger partial charge is 0.00987 e. The molecule has 1 aliphatic rings. The van der Waals surface area contributed by atoms with Crippen LogP contribution in [0, 0.1) is 83.5 Å². The molecule has 16 aromatic rings. The van der Waals surface area contributed by atoms with Gasteiger partial charge in [-0.25, -0.2) is 0 Å². The highest BCUT2D eigenvalue weighted by Crippen LogP contribution is 2.32. The Labute approximate surface area is 458 Å². The predicted octanol–water partition coefficient (Wildman–Crippen LogP) is 19.5. The molecule has 0 saturated heterocycles. The van der Waals surface area contributed by atoms with E-state index in [9.17, 15) is 0 Å². The lowest BCUT2D eigenvalue weighted by atomic mass is 9.95. The fraction of sp³-hybridized carbons (Fsp3) is 0. The van der Waals surface area contributed by atoms with Crippen LogP contribution in [0.25, 0.3) is 86.2 Å². The molecule has 0 unspecified atom stereocenters. The fourth-order valence-corrected chi connectivity index (χ4v) is 14.2. The molecule has 0 amide bonds. The molecule has 0 atom stereocenters. The van der Waals surface area contributed by atoms with Gasteiger partial charge in [-0.05, 0) is 170 Å². The summed E-state index contributed by atoms with van der Waals surface area (Å²) in [4.78, 5) is 0. The van der Waals surface area contributed by atoms with Crippen molar-refractivity contribution in [2.24, 2.45) is 0 Å². The van der Waals surface area contributed by atoms with Crippen molar-refractivity contribution in [3.8, 4) is 0 Å². The highest BCUT2D eigenvalue weighted by atomic mass is 14.1. The lowest BCUT2D eigenvalue weighted by Gasteiger charge is -2.09. The second-order valence-corrected chi connectivity index (χ2v) is 21.7. The molecular weight excluding hydrogens is 961 g/mol. The minimum Gasteiger partial charge on any atom is -0.0616 e. The summed E-state index contributed by atoms with van der Waals surface area (Å²) in [6, 6.07) is 110. The molecule has 17 rings (SSSR count). The summed E-state index contributed by atoms with van der Waals surface area (Å²) in [7, 11) is 0. The normalized spacial score (nSPS) is 12.0. The van der Waals surface area contributed by atoms with Gasteiger partial charge in [0.2, 0.25) is 0 Å². The summed E-state index contributed by atoms with van der Waals surface area (Å²) in [5.41, 5.74) is 0. The zero-order chi connectivity index (χ0) is 52.4. The fourth-order valence-electron chi connectivity index (χ4n) is 14.2. The van der Waals surface area contributed by atoms with Gasteiger partial charge in [-0.15, -0.1) is 0 Å². The van der Waals surface area contributed by atoms with Crippen molar-refractivity contribution in [1.82, 2.24) is 0 Å². The third-order valence-electron chi connectivity index (χ3n) is 17.7. The first-order chi connectivity index (χ1) is 39.7. The Bertz CT molecular complexity index is 4750. The molecule has 16 aromatic carbocycles. The van der Waals surface area contributed by atoms with Crippen molar-refractivity contribution in [3.05, 3.63) is 375 Å². The van der Waals surface area contributed by atoms with Crippen LogP contribution < -0.4 is 0 Å². The second-order valence-electron chi connectivity index (χ2n) is 21.7. The summed E-state index contributed by atoms with van der Waals surface area (Å²) < 4.78 is 0. The van der Waals surface area contributed by atoms with Gasteiger partial charge in [0.15, 0.2) is 0 Å². The van der Waals surface area contributed by atoms with E-state index < -0.39 is 0 Å². The molecule has 0 N–H and O–H groups in total. The third-order valence-corrected chi connectivity index (χ3v) is 17.7. The van der Waals surface area contributed by atoms with Gasteiger partial charge in [-0.3, -0.25) is 0 Å². The van der Waals surface area contributed by atoms with Crippen molar-refractivity contribution in [1.29, 1.82) is 0 Å². The Kier molecular flexibility index (Phi) is 9.81. The van der Waals surface area contributed by atoms with E-state index in [1.807, 2.05) is 0 Å². The topological polar surface area (TPSA) is 0 Å². The van der Waals surface area contributed by atoms with Gasteiger partial charge in [-0.2, -0.15) is 0 Å². The van der Waals surface area contributed by atoms with Crippen LogP contribution in [0.3, 0.4) is 0 Å². The zero-order valence-electron chi connectivity index (χ0n) is 43.7. The Morgan fingerprint density at radius 1 is 0.0750 bits per heavy atom. The maximum Gasteiger partial charge on any atom is -0.00987 e. The van der Waals surface area contributed by atoms with E-state index in [4.69, 9.17) is 0 Å². The van der Waals surface area contributed by atoms with E-state index in [2.05, 4.69) is 291 Å². The van der Waals surface area contributed by atoms with Crippen LogP contribution in [0.15, 0.2) is 291 Å². The van der Waals surface area contributed by atoms with Crippen LogP contribution in [-0.4, -0.2) is 0 Å². The standard InChI is InChI=1S/C80H48/c1-2-18-50-49(17-1)65-33-34-66(50)68-37-38-70(54-22-6-5-21-53(54)68)72-41-42-74(58-26-10-9-25-57(58)72)76-45-46-78(62-30-14-13-29-61(62)76)80-48-47-79(63-31-15-16-32-64(63)80)77-44-43-75(59-27-11-12-28-60(59)77)73-40-39-71(55-23-7-8-24-56(55)73)69-36-35-67(65)51-19-3-4-20-52(51)69/h1-48H. The van der Waals surface area contributed by atoms with Crippen molar-refractivity contribution in [2.45, 2.75) is 0 Å². The number of rotatable bonds is 0. The molecule has 0 heteroatoms. The van der Waals surface area contributed by atoms with Crippen LogP contribution in [0.1, 0.15) is 0 Å². The summed E-state index contributed by atoms with van der Waals surface area (Å²) >= 11 is 0. The average molecular weight is 1010 g/mol. The number of hydrogen-bond donors (Lipinski definition) is 0. The molecule has 0 nitrogen and oxygen atoms in total. The van der Waals surface area contributed by atoms with Gasteiger partial charge in [-0.1, -0.05) is 291 Å². The highest BCUT2D eigenvalue weighted by Gasteiger charge is 2.11. The molecule has 0 saturated carbocycles. The second kappa shape index (κ2) is 17.6. The van der Waals surface area contributed by atoms with Crippen molar-refractivity contribution in [3.63, 3.8) is 0 Å². The van der Waals surface area contributed by atoms with Crippen LogP contribution in [0.4, 0.5) is 0 Å². The van der Waals surface area contributed by atoms with Crippen LogP contribution in [0.5, 0.6) is 0 Å². The third kappa shape index (κ3) is 6.57. The van der Waals surface area contributed by atoms with Gasteiger partial charge < -0.3 is 0 Å². The first-order valence-electron chi connectivity index (χ1n) is 27.9. The molecule has 0 radical (unpaired) electrons. The molecule has 0 aromatic heterocycles. The van der Waals surface area contributed by atoms with Gasteiger partial charge in [0.1, 0.15) is 0 Å². The number of benzene rings is 16. The zero-order valence-corrected chi connectivity index (χ0v) is 43.7. The van der Waals surface area contributed by atoms with Crippen LogP contribution in [-0.2, 0) is 0 Å². The van der Waals surface area contributed by atoms with E-state index in [-0.39, 0.29) is 0 Å². The van der Waals surface area contributed by atoms with Crippen molar-refractivity contribution < 1.29 is 0 Å². The van der Waals surface area contributed by atoms with Gasteiger partial charge in [0.25, 0.3) is 0 Å². The number of hydrogen-bond acceptors (Lipinski definition) is 0. The highest BCUT2D eigenvalue weighted by molar-refractivity contribution is 5.95. The molecule has 0 heterocycles. The van der Waals surface area contributed by atoms with Crippen molar-refractivity contribution in [2.75, 3.05) is 0 Å². The van der Waals surface area contributed by atoms with E-state index in [0.29, 0.717) is 0 Å². The first-order valence-corrected chi connectivity index (χ1v) is 27.9. The maximum absolute atomic E-state index is 2.37. The van der Waals surface area contributed by atoms with Crippen LogP contribution >= 0.6 is 0 Å². The summed E-state index contributed by atoms with van der Waals surface area (Å²) in [5.74, 6) is 0. The molecule has 0 spiro atoms. The van der Waals surface area contributed by atoms with E-state index >= 15 is 0 Å². The summed E-state index contributed by atoms with van der Waals surface area (Å²) in [6.07, 6.45) is 0. The minimum atomic E-state index is 1.23. The minimum absolute atomic E-state index is 1.23. The Hall–Kier alpha value is -10.4. The molecule has 0 aliphatic heterocycles. The predicted molar refractivity (Wildman–Crippen MR) is 333 cm³/mol. The molecular formula is C80H48. The van der Waals surface area contributed by atoms with E-state index in [1.165, 1.54) is 170 Å². The summed E-state index contributed by atoms with van der Waals surface area (Å²) in [6.45, 7) is 0. The van der Waals surface area contributed by atoms with Crippen LogP contribution in [0.2, 0.25) is 0 Å². The lowest BCUT2D eigenvalue weighted by Crippen LogP contribution is -1.89. The largest absolute Gasteiger partial charge is 0.0616 e. The van der Waals surface area contributed by atoms with E-state index in [1.54, 1.807) is 0 Å².